The zero-order valence-electron chi connectivity index (χ0n) is 17.9. The molecule has 10 nitrogen and oxygen atoms in total. The summed E-state index contributed by atoms with van der Waals surface area (Å²) in [7, 11) is 1.79. The van der Waals surface area contributed by atoms with Crippen LogP contribution in [0.25, 0.3) is 0 Å². The van der Waals surface area contributed by atoms with Gasteiger partial charge in [0.15, 0.2) is 17.5 Å². The molecule has 4 rings (SSSR count). The minimum absolute atomic E-state index is 0.0868. The number of anilines is 2. The number of hydrogen-bond acceptors (Lipinski definition) is 7. The Morgan fingerprint density at radius 1 is 1.25 bits per heavy atom. The second-order valence-electron chi connectivity index (χ2n) is 8.16. The van der Waals surface area contributed by atoms with Gasteiger partial charge >= 0.3 is 6.09 Å². The van der Waals surface area contributed by atoms with Crippen molar-refractivity contribution in [1.82, 2.24) is 25.5 Å². The molecule has 0 aliphatic carbocycles. The number of ether oxygens (including phenoxy) is 1. The van der Waals surface area contributed by atoms with Crippen molar-refractivity contribution >= 4 is 23.4 Å². The Hall–Kier alpha value is -3.31. The van der Waals surface area contributed by atoms with Gasteiger partial charge in [0.05, 0.1) is 18.8 Å². The predicted molar refractivity (Wildman–Crippen MR) is 110 cm³/mol. The quantitative estimate of drug-likeness (QED) is 0.711. The van der Waals surface area contributed by atoms with Crippen LogP contribution in [0, 0.1) is 17.6 Å². The fraction of sp³-hybridized carbons (Fsp3) is 0.550. The number of cyclic esters (lactones) is 1. The minimum Gasteiger partial charge on any atom is -0.442 e. The number of carbonyl (C=O) groups is 2. The first kappa shape index (κ1) is 21.9. The van der Waals surface area contributed by atoms with Crippen molar-refractivity contribution in [2.75, 3.05) is 36.0 Å². The Morgan fingerprint density at radius 3 is 2.53 bits per heavy atom. The van der Waals surface area contributed by atoms with Gasteiger partial charge in [0.2, 0.25) is 5.91 Å². The maximum atomic E-state index is 14.9. The first-order valence-corrected chi connectivity index (χ1v) is 10.5. The third-order valence-corrected chi connectivity index (χ3v) is 5.88. The standard InChI is InChI=1S/C20H25F2N7O3/c1-12(30)23-10-15-11-29(20(31)32-15)14-8-16(21)19(17(22)9-14)28-5-3-13(4-6-28)7-18-24-25-26-27(18)2/h8-9,13,15H,3-7,10-11H2,1-2H3,(H,23,30)/t15-/m0/s1. The van der Waals surface area contributed by atoms with E-state index in [9.17, 15) is 18.4 Å². The highest BCUT2D eigenvalue weighted by Gasteiger charge is 2.34. The average Bonchev–Trinajstić information content (AvgIpc) is 3.32. The van der Waals surface area contributed by atoms with E-state index in [1.807, 2.05) is 0 Å². The third kappa shape index (κ3) is 4.63. The molecule has 2 aliphatic rings. The van der Waals surface area contributed by atoms with Gasteiger partial charge in [-0.15, -0.1) is 5.10 Å². The maximum absolute atomic E-state index is 14.9. The molecule has 2 fully saturated rings. The molecule has 0 unspecified atom stereocenters. The molecule has 2 amide bonds. The molecular weight excluding hydrogens is 424 g/mol. The van der Waals surface area contributed by atoms with Crippen LogP contribution in [0.1, 0.15) is 25.6 Å². The molecule has 3 heterocycles. The molecule has 1 aromatic carbocycles. The number of carbonyl (C=O) groups excluding carboxylic acids is 2. The predicted octanol–water partition coefficient (Wildman–Crippen LogP) is 1.41. The lowest BCUT2D eigenvalue weighted by molar-refractivity contribution is -0.119. The summed E-state index contributed by atoms with van der Waals surface area (Å²) >= 11 is 0. The molecule has 2 aromatic rings. The van der Waals surface area contributed by atoms with E-state index >= 15 is 0 Å². The largest absolute Gasteiger partial charge is 0.442 e. The smallest absolute Gasteiger partial charge is 0.414 e. The lowest BCUT2D eigenvalue weighted by Gasteiger charge is -2.34. The van der Waals surface area contributed by atoms with Crippen molar-refractivity contribution in [3.63, 3.8) is 0 Å². The van der Waals surface area contributed by atoms with Gasteiger partial charge in [-0.1, -0.05) is 0 Å². The van der Waals surface area contributed by atoms with E-state index < -0.39 is 23.8 Å². The number of rotatable bonds is 6. The lowest BCUT2D eigenvalue weighted by Crippen LogP contribution is -2.36. The third-order valence-electron chi connectivity index (χ3n) is 5.88. The van der Waals surface area contributed by atoms with Crippen LogP contribution < -0.4 is 15.1 Å². The molecule has 0 spiro atoms. The van der Waals surface area contributed by atoms with Crippen LogP contribution in [0.2, 0.25) is 0 Å². The molecule has 32 heavy (non-hydrogen) atoms. The summed E-state index contributed by atoms with van der Waals surface area (Å²) < 4.78 is 36.7. The lowest BCUT2D eigenvalue weighted by atomic mass is 9.93. The van der Waals surface area contributed by atoms with Crippen LogP contribution in [-0.2, 0) is 23.0 Å². The van der Waals surface area contributed by atoms with Gasteiger partial charge in [0.25, 0.3) is 0 Å². The number of aryl methyl sites for hydroxylation is 1. The van der Waals surface area contributed by atoms with E-state index in [1.54, 1.807) is 16.6 Å². The maximum Gasteiger partial charge on any atom is 0.414 e. The Labute approximate surface area is 183 Å². The van der Waals surface area contributed by atoms with Crippen molar-refractivity contribution in [3.8, 4) is 0 Å². The summed E-state index contributed by atoms with van der Waals surface area (Å²) in [6, 6.07) is 2.30. The Kier molecular flexibility index (Phi) is 6.19. The van der Waals surface area contributed by atoms with Gasteiger partial charge in [-0.3, -0.25) is 9.69 Å². The number of nitrogens with one attached hydrogen (secondary N) is 1. The summed E-state index contributed by atoms with van der Waals surface area (Å²) in [5.41, 5.74) is -0.00127. The fourth-order valence-corrected chi connectivity index (χ4v) is 4.15. The second-order valence-corrected chi connectivity index (χ2v) is 8.16. The molecule has 2 saturated heterocycles. The topological polar surface area (TPSA) is 105 Å². The van der Waals surface area contributed by atoms with E-state index in [1.165, 1.54) is 11.8 Å². The van der Waals surface area contributed by atoms with Crippen LogP contribution in [0.15, 0.2) is 12.1 Å². The van der Waals surface area contributed by atoms with Gasteiger partial charge in [-0.05, 0) is 29.2 Å². The van der Waals surface area contributed by atoms with Crippen molar-refractivity contribution in [3.05, 3.63) is 29.6 Å². The number of nitrogens with zero attached hydrogens (tertiary/aromatic N) is 6. The van der Waals surface area contributed by atoms with E-state index in [4.69, 9.17) is 4.74 Å². The van der Waals surface area contributed by atoms with Crippen LogP contribution in [0.3, 0.4) is 0 Å². The SMILES string of the molecule is CC(=O)NC[C@H]1CN(c2cc(F)c(N3CCC(Cc4nnnn4C)CC3)c(F)c2)C(=O)O1. The van der Waals surface area contributed by atoms with Gasteiger partial charge in [0.1, 0.15) is 11.8 Å². The first-order chi connectivity index (χ1) is 15.3. The molecule has 1 aromatic heterocycles. The van der Waals surface area contributed by atoms with Crippen LogP contribution in [-0.4, -0.2) is 64.5 Å². The summed E-state index contributed by atoms with van der Waals surface area (Å²) in [5.74, 6) is -0.582. The molecule has 2 aliphatic heterocycles. The van der Waals surface area contributed by atoms with Gasteiger partial charge < -0.3 is 15.0 Å². The van der Waals surface area contributed by atoms with Crippen LogP contribution in [0.4, 0.5) is 25.0 Å². The minimum atomic E-state index is -0.728. The molecular formula is C20H25F2N7O3. The number of piperidine rings is 1. The molecule has 0 saturated carbocycles. The highest BCUT2D eigenvalue weighted by atomic mass is 19.1. The molecule has 0 bridgehead atoms. The summed E-state index contributed by atoms with van der Waals surface area (Å²) in [6.07, 6.45) is 0.956. The molecule has 172 valence electrons. The summed E-state index contributed by atoms with van der Waals surface area (Å²) in [4.78, 5) is 26.1. The van der Waals surface area contributed by atoms with Crippen molar-refractivity contribution in [2.24, 2.45) is 13.0 Å². The highest BCUT2D eigenvalue weighted by Crippen LogP contribution is 2.33. The van der Waals surface area contributed by atoms with Crippen LogP contribution in [0.5, 0.6) is 0 Å². The van der Waals surface area contributed by atoms with Crippen molar-refractivity contribution in [1.29, 1.82) is 0 Å². The van der Waals surface area contributed by atoms with E-state index in [0.717, 1.165) is 37.2 Å². The average molecular weight is 449 g/mol. The Morgan fingerprint density at radius 2 is 1.94 bits per heavy atom. The highest BCUT2D eigenvalue weighted by molar-refractivity contribution is 5.90. The Bertz CT molecular complexity index is 984. The Balaban J connectivity index is 1.41. The number of benzene rings is 1. The number of tetrazole rings is 1. The normalized spacial score (nSPS) is 19.4. The summed E-state index contributed by atoms with van der Waals surface area (Å²) in [5, 5.41) is 14.0. The molecule has 1 atom stereocenters. The van der Waals surface area contributed by atoms with Crippen molar-refractivity contribution < 1.29 is 23.1 Å². The van der Waals surface area contributed by atoms with Gasteiger partial charge in [-0.2, -0.15) is 0 Å². The zero-order valence-corrected chi connectivity index (χ0v) is 17.9. The van der Waals surface area contributed by atoms with E-state index in [2.05, 4.69) is 20.8 Å². The zero-order chi connectivity index (χ0) is 22.8. The number of aromatic nitrogens is 4. The second kappa shape index (κ2) is 9.05. The number of hydrogen-bond donors (Lipinski definition) is 1. The first-order valence-electron chi connectivity index (χ1n) is 10.5. The molecule has 0 radical (unpaired) electrons. The molecule has 1 N–H and O–H groups in total. The van der Waals surface area contributed by atoms with E-state index in [0.29, 0.717) is 19.0 Å². The molecule has 12 heteroatoms. The monoisotopic (exact) mass is 449 g/mol. The van der Waals surface area contributed by atoms with Gasteiger partial charge in [-0.25, -0.2) is 18.3 Å². The summed E-state index contributed by atoms with van der Waals surface area (Å²) in [6.45, 7) is 2.61. The van der Waals surface area contributed by atoms with Crippen molar-refractivity contribution in [2.45, 2.75) is 32.3 Å². The van der Waals surface area contributed by atoms with Crippen LogP contribution >= 0.6 is 0 Å². The van der Waals surface area contributed by atoms with Gasteiger partial charge in [0, 0.05) is 45.6 Å². The fourth-order valence-electron chi connectivity index (χ4n) is 4.15. The van der Waals surface area contributed by atoms with E-state index in [-0.39, 0.29) is 30.4 Å². The number of halogens is 2. The number of amides is 2.